The second-order valence-corrected chi connectivity index (χ2v) is 5.50. The van der Waals surface area contributed by atoms with Gasteiger partial charge >= 0.3 is 0 Å². The molecule has 1 N–H and O–H groups in total. The molecule has 0 saturated carbocycles. The summed E-state index contributed by atoms with van der Waals surface area (Å²) in [5.74, 6) is 0.721. The van der Waals surface area contributed by atoms with Crippen LogP contribution < -0.4 is 5.32 Å². The maximum atomic E-state index is 5.32. The van der Waals surface area contributed by atoms with Crippen molar-refractivity contribution in [1.29, 1.82) is 0 Å². The van der Waals surface area contributed by atoms with Gasteiger partial charge in [0.15, 0.2) is 0 Å². The Morgan fingerprint density at radius 3 is 3.21 bits per heavy atom. The zero-order valence-corrected chi connectivity index (χ0v) is 10.4. The monoisotopic (exact) mass is 275 g/mol. The third-order valence-electron chi connectivity index (χ3n) is 2.38. The zero-order chi connectivity index (χ0) is 9.80. The van der Waals surface area contributed by atoms with E-state index in [4.69, 9.17) is 4.74 Å². The standard InChI is InChI=1S/C10H14BrNOS/c11-9-3-10(14-7-9)5-12-4-8-1-2-13-6-8/h3,7-8,12H,1-2,4-6H2. The van der Waals surface area contributed by atoms with Gasteiger partial charge in [0.2, 0.25) is 0 Å². The molecule has 2 nitrogen and oxygen atoms in total. The molecule has 4 heteroatoms. The molecule has 1 aromatic heterocycles. The van der Waals surface area contributed by atoms with Gasteiger partial charge in [-0.2, -0.15) is 0 Å². The summed E-state index contributed by atoms with van der Waals surface area (Å²) in [6.45, 7) is 3.93. The van der Waals surface area contributed by atoms with E-state index >= 15 is 0 Å². The smallest absolute Gasteiger partial charge is 0.0507 e. The highest BCUT2D eigenvalue weighted by atomic mass is 79.9. The lowest BCUT2D eigenvalue weighted by atomic mass is 10.1. The first-order chi connectivity index (χ1) is 6.84. The van der Waals surface area contributed by atoms with Crippen LogP contribution >= 0.6 is 27.3 Å². The molecule has 1 aromatic rings. The lowest BCUT2D eigenvalue weighted by molar-refractivity contribution is 0.185. The Morgan fingerprint density at radius 1 is 1.64 bits per heavy atom. The largest absolute Gasteiger partial charge is 0.381 e. The van der Waals surface area contributed by atoms with Gasteiger partial charge in [0, 0.05) is 34.4 Å². The first kappa shape index (κ1) is 10.6. The lowest BCUT2D eigenvalue weighted by Crippen LogP contribution is -2.22. The highest BCUT2D eigenvalue weighted by Gasteiger charge is 2.14. The molecular weight excluding hydrogens is 262 g/mol. The predicted octanol–water partition coefficient (Wildman–Crippen LogP) is 2.64. The minimum absolute atomic E-state index is 0.721. The number of hydrogen-bond donors (Lipinski definition) is 1. The van der Waals surface area contributed by atoms with Crippen molar-refractivity contribution in [3.8, 4) is 0 Å². The van der Waals surface area contributed by atoms with Crippen molar-refractivity contribution < 1.29 is 4.74 Å². The summed E-state index contributed by atoms with van der Waals surface area (Å²) < 4.78 is 6.50. The summed E-state index contributed by atoms with van der Waals surface area (Å²) in [5, 5.41) is 5.59. The fourth-order valence-corrected chi connectivity index (χ4v) is 3.01. The van der Waals surface area contributed by atoms with Gasteiger partial charge in [-0.1, -0.05) is 0 Å². The summed E-state index contributed by atoms with van der Waals surface area (Å²) >= 11 is 5.24. The van der Waals surface area contributed by atoms with Crippen LogP contribution in [0.15, 0.2) is 15.9 Å². The molecular formula is C10H14BrNOS. The Labute approximate surface area is 96.8 Å². The van der Waals surface area contributed by atoms with Crippen molar-refractivity contribution in [3.63, 3.8) is 0 Å². The number of rotatable bonds is 4. The predicted molar refractivity (Wildman–Crippen MR) is 62.7 cm³/mol. The summed E-state index contributed by atoms with van der Waals surface area (Å²) in [6.07, 6.45) is 1.21. The minimum atomic E-state index is 0.721. The molecule has 1 unspecified atom stereocenters. The maximum Gasteiger partial charge on any atom is 0.0507 e. The van der Waals surface area contributed by atoms with Gasteiger partial charge in [0.25, 0.3) is 0 Å². The fourth-order valence-electron chi connectivity index (χ4n) is 1.59. The van der Waals surface area contributed by atoms with Crippen LogP contribution in [0.1, 0.15) is 11.3 Å². The highest BCUT2D eigenvalue weighted by Crippen LogP contribution is 2.19. The molecule has 14 heavy (non-hydrogen) atoms. The summed E-state index contributed by atoms with van der Waals surface area (Å²) in [5.41, 5.74) is 0. The number of thiophene rings is 1. The Hall–Kier alpha value is 0.1000. The Balaban J connectivity index is 1.67. The molecule has 0 bridgehead atoms. The first-order valence-electron chi connectivity index (χ1n) is 4.86. The van der Waals surface area contributed by atoms with Gasteiger partial charge in [-0.05, 0) is 34.3 Å². The quantitative estimate of drug-likeness (QED) is 0.912. The van der Waals surface area contributed by atoms with Crippen LogP contribution in [0.4, 0.5) is 0 Å². The van der Waals surface area contributed by atoms with E-state index in [9.17, 15) is 0 Å². The molecule has 0 aliphatic carbocycles. The van der Waals surface area contributed by atoms with E-state index in [2.05, 4.69) is 32.7 Å². The first-order valence-corrected chi connectivity index (χ1v) is 6.53. The second-order valence-electron chi connectivity index (χ2n) is 3.59. The second kappa shape index (κ2) is 5.26. The number of hydrogen-bond acceptors (Lipinski definition) is 3. The lowest BCUT2D eigenvalue weighted by Gasteiger charge is -2.07. The Morgan fingerprint density at radius 2 is 2.57 bits per heavy atom. The van der Waals surface area contributed by atoms with E-state index in [1.165, 1.54) is 15.8 Å². The van der Waals surface area contributed by atoms with Crippen molar-refractivity contribution in [1.82, 2.24) is 5.32 Å². The number of halogens is 1. The molecule has 78 valence electrons. The van der Waals surface area contributed by atoms with Crippen molar-refractivity contribution >= 4 is 27.3 Å². The third-order valence-corrected chi connectivity index (χ3v) is 4.08. The van der Waals surface area contributed by atoms with E-state index in [0.29, 0.717) is 0 Å². The molecule has 0 radical (unpaired) electrons. The SMILES string of the molecule is Brc1csc(CNCC2CCOC2)c1. The Bertz CT molecular complexity index is 283. The van der Waals surface area contributed by atoms with E-state index in [1.807, 2.05) is 0 Å². The Kier molecular flexibility index (Phi) is 3.99. The van der Waals surface area contributed by atoms with E-state index < -0.39 is 0 Å². The third kappa shape index (κ3) is 3.05. The summed E-state index contributed by atoms with van der Waals surface area (Å²) in [7, 11) is 0. The van der Waals surface area contributed by atoms with Crippen molar-refractivity contribution in [2.45, 2.75) is 13.0 Å². The van der Waals surface area contributed by atoms with Crippen LogP contribution in [0.5, 0.6) is 0 Å². The van der Waals surface area contributed by atoms with Gasteiger partial charge in [-0.25, -0.2) is 0 Å². The van der Waals surface area contributed by atoms with E-state index in [-0.39, 0.29) is 0 Å². The molecule has 2 heterocycles. The van der Waals surface area contributed by atoms with Gasteiger partial charge in [0.05, 0.1) is 6.61 Å². The van der Waals surface area contributed by atoms with E-state index in [1.54, 1.807) is 11.3 Å². The van der Waals surface area contributed by atoms with Crippen molar-refractivity contribution in [2.24, 2.45) is 5.92 Å². The highest BCUT2D eigenvalue weighted by molar-refractivity contribution is 9.10. The molecule has 0 spiro atoms. The molecule has 1 aliphatic rings. The maximum absolute atomic E-state index is 5.32. The fraction of sp³-hybridized carbons (Fsp3) is 0.600. The van der Waals surface area contributed by atoms with Crippen LogP contribution in [0.25, 0.3) is 0 Å². The minimum Gasteiger partial charge on any atom is -0.381 e. The van der Waals surface area contributed by atoms with Crippen molar-refractivity contribution in [2.75, 3.05) is 19.8 Å². The van der Waals surface area contributed by atoms with Gasteiger partial charge in [-0.15, -0.1) is 11.3 Å². The average molecular weight is 276 g/mol. The summed E-state index contributed by atoms with van der Waals surface area (Å²) in [6, 6.07) is 2.17. The number of nitrogens with one attached hydrogen (secondary N) is 1. The van der Waals surface area contributed by atoms with Crippen LogP contribution in [0, 0.1) is 5.92 Å². The summed E-state index contributed by atoms with van der Waals surface area (Å²) in [4.78, 5) is 1.38. The van der Waals surface area contributed by atoms with Gasteiger partial charge in [0.1, 0.15) is 0 Å². The molecule has 1 fully saturated rings. The molecule has 2 rings (SSSR count). The van der Waals surface area contributed by atoms with E-state index in [0.717, 1.165) is 32.2 Å². The van der Waals surface area contributed by atoms with Crippen LogP contribution in [-0.4, -0.2) is 19.8 Å². The molecule has 1 atom stereocenters. The topological polar surface area (TPSA) is 21.3 Å². The normalized spacial score (nSPS) is 21.6. The average Bonchev–Trinajstić information content (AvgIpc) is 2.77. The van der Waals surface area contributed by atoms with Crippen LogP contribution in [0.2, 0.25) is 0 Å². The van der Waals surface area contributed by atoms with Crippen molar-refractivity contribution in [3.05, 3.63) is 20.8 Å². The molecule has 0 aromatic carbocycles. The van der Waals surface area contributed by atoms with Crippen LogP contribution in [0.3, 0.4) is 0 Å². The van der Waals surface area contributed by atoms with Crippen LogP contribution in [-0.2, 0) is 11.3 Å². The molecule has 1 saturated heterocycles. The van der Waals surface area contributed by atoms with Gasteiger partial charge in [-0.3, -0.25) is 0 Å². The van der Waals surface area contributed by atoms with Gasteiger partial charge < -0.3 is 10.1 Å². The number of ether oxygens (including phenoxy) is 1. The zero-order valence-electron chi connectivity index (χ0n) is 7.96. The molecule has 1 aliphatic heterocycles. The molecule has 0 amide bonds.